The number of aromatic nitrogens is 1. The number of amides is 1. The highest BCUT2D eigenvalue weighted by Gasteiger charge is 2.25. The van der Waals surface area contributed by atoms with E-state index < -0.39 is 11.7 Å². The summed E-state index contributed by atoms with van der Waals surface area (Å²) in [7, 11) is 0. The molecule has 1 amide bonds. The number of hydrogen-bond acceptors (Lipinski definition) is 3. The van der Waals surface area contributed by atoms with Crippen molar-refractivity contribution in [3.63, 3.8) is 0 Å². The smallest absolute Gasteiger partial charge is 0.419 e. The number of rotatable bonds is 1. The largest absolute Gasteiger partial charge is 0.443 e. The number of carbonyl (C=O) groups is 2. The highest BCUT2D eigenvalue weighted by molar-refractivity contribution is 5.96. The first kappa shape index (κ1) is 13.6. The lowest BCUT2D eigenvalue weighted by Crippen LogP contribution is -2.33. The van der Waals surface area contributed by atoms with Crippen LogP contribution < -0.4 is 0 Å². The van der Waals surface area contributed by atoms with Gasteiger partial charge < -0.3 is 9.64 Å². The van der Waals surface area contributed by atoms with Crippen molar-refractivity contribution < 1.29 is 14.3 Å². The second-order valence-electron chi connectivity index (χ2n) is 5.74. The summed E-state index contributed by atoms with van der Waals surface area (Å²) in [5, 5.41) is 0. The number of carbonyl (C=O) groups excluding carboxylic acids is 2. The fraction of sp³-hybridized carbons (Fsp3) is 0.571. The molecule has 2 heterocycles. The molecule has 19 heavy (non-hydrogen) atoms. The lowest BCUT2D eigenvalue weighted by molar-refractivity contribution is 0.0518. The van der Waals surface area contributed by atoms with Crippen LogP contribution in [0.4, 0.5) is 4.79 Å². The van der Waals surface area contributed by atoms with E-state index in [4.69, 9.17) is 4.74 Å². The molecule has 0 N–H and O–H groups in total. The van der Waals surface area contributed by atoms with Crippen LogP contribution in [0.5, 0.6) is 0 Å². The van der Waals surface area contributed by atoms with Gasteiger partial charge in [-0.1, -0.05) is 0 Å². The van der Waals surface area contributed by atoms with Crippen LogP contribution in [0.25, 0.3) is 0 Å². The summed E-state index contributed by atoms with van der Waals surface area (Å²) in [6.45, 7) is 6.93. The first-order valence-electron chi connectivity index (χ1n) is 6.58. The molecule has 1 aliphatic rings. The molecule has 0 saturated carbocycles. The Kier molecular flexibility index (Phi) is 3.64. The van der Waals surface area contributed by atoms with Crippen molar-refractivity contribution in [2.75, 3.05) is 13.1 Å². The Labute approximate surface area is 113 Å². The van der Waals surface area contributed by atoms with Gasteiger partial charge in [0.25, 0.3) is 5.91 Å². The van der Waals surface area contributed by atoms with Gasteiger partial charge in [0.2, 0.25) is 0 Å². The Morgan fingerprint density at radius 2 is 1.84 bits per heavy atom. The van der Waals surface area contributed by atoms with Gasteiger partial charge in [0, 0.05) is 19.3 Å². The van der Waals surface area contributed by atoms with E-state index >= 15 is 0 Å². The van der Waals surface area contributed by atoms with Crippen molar-refractivity contribution in [2.24, 2.45) is 0 Å². The molecular formula is C14H20N2O3. The predicted molar refractivity (Wildman–Crippen MR) is 71.2 cm³/mol. The van der Waals surface area contributed by atoms with E-state index in [9.17, 15) is 9.59 Å². The minimum atomic E-state index is -0.574. The molecule has 1 saturated heterocycles. The lowest BCUT2D eigenvalue weighted by Gasteiger charge is -2.21. The Hall–Kier alpha value is -1.78. The summed E-state index contributed by atoms with van der Waals surface area (Å²) < 4.78 is 6.57. The van der Waals surface area contributed by atoms with Crippen LogP contribution in [0.2, 0.25) is 0 Å². The Balaban J connectivity index is 2.17. The van der Waals surface area contributed by atoms with Crippen LogP contribution in [0.1, 0.15) is 44.1 Å². The van der Waals surface area contributed by atoms with Crippen molar-refractivity contribution in [2.45, 2.75) is 39.2 Å². The summed E-state index contributed by atoms with van der Waals surface area (Å²) in [5.74, 6) is -0.103. The van der Waals surface area contributed by atoms with E-state index in [1.54, 1.807) is 44.0 Å². The number of ether oxygens (including phenoxy) is 1. The molecule has 0 atom stereocenters. The average Bonchev–Trinajstić information content (AvgIpc) is 2.97. The molecule has 5 heteroatoms. The molecule has 1 aromatic heterocycles. The SMILES string of the molecule is CC(C)(C)OC(=O)n1cccc1C(=O)N1CCCC1. The molecule has 104 valence electrons. The molecule has 0 bridgehead atoms. The molecule has 0 spiro atoms. The summed E-state index contributed by atoms with van der Waals surface area (Å²) >= 11 is 0. The molecule has 0 aliphatic carbocycles. The van der Waals surface area contributed by atoms with E-state index in [-0.39, 0.29) is 5.91 Å². The van der Waals surface area contributed by atoms with Gasteiger partial charge in [-0.25, -0.2) is 9.36 Å². The van der Waals surface area contributed by atoms with Gasteiger partial charge in [0.15, 0.2) is 0 Å². The van der Waals surface area contributed by atoms with E-state index in [2.05, 4.69) is 0 Å². The molecule has 2 rings (SSSR count). The zero-order valence-corrected chi connectivity index (χ0v) is 11.7. The Morgan fingerprint density at radius 1 is 1.21 bits per heavy atom. The standard InChI is InChI=1S/C14H20N2O3/c1-14(2,3)19-13(18)16-10-6-7-11(16)12(17)15-8-4-5-9-15/h6-7,10H,4-5,8-9H2,1-3H3. The van der Waals surface area contributed by atoms with Crippen LogP contribution in [0.3, 0.4) is 0 Å². The molecule has 1 aliphatic heterocycles. The van der Waals surface area contributed by atoms with Gasteiger partial charge in [-0.2, -0.15) is 0 Å². The second-order valence-corrected chi connectivity index (χ2v) is 5.74. The Bertz CT molecular complexity index is 479. The van der Waals surface area contributed by atoms with Crippen LogP contribution in [-0.2, 0) is 4.74 Å². The summed E-state index contributed by atoms with van der Waals surface area (Å²) in [5.41, 5.74) is -0.203. The zero-order valence-electron chi connectivity index (χ0n) is 11.7. The van der Waals surface area contributed by atoms with Gasteiger partial charge in [-0.15, -0.1) is 0 Å². The predicted octanol–water partition coefficient (Wildman–Crippen LogP) is 2.51. The van der Waals surface area contributed by atoms with E-state index in [0.717, 1.165) is 25.9 Å². The van der Waals surface area contributed by atoms with Gasteiger partial charge in [0.05, 0.1) is 0 Å². The quantitative estimate of drug-likeness (QED) is 0.783. The molecule has 1 aromatic rings. The second kappa shape index (κ2) is 5.07. The topological polar surface area (TPSA) is 51.5 Å². The van der Waals surface area contributed by atoms with Gasteiger partial charge in [0.1, 0.15) is 11.3 Å². The maximum absolute atomic E-state index is 12.3. The van der Waals surface area contributed by atoms with Crippen LogP contribution in [0.15, 0.2) is 18.3 Å². The molecule has 0 unspecified atom stereocenters. The average molecular weight is 264 g/mol. The minimum absolute atomic E-state index is 0.103. The van der Waals surface area contributed by atoms with Crippen molar-refractivity contribution in [1.29, 1.82) is 0 Å². The van der Waals surface area contributed by atoms with Crippen molar-refractivity contribution in [1.82, 2.24) is 9.47 Å². The highest BCUT2D eigenvalue weighted by atomic mass is 16.6. The molecule has 1 fully saturated rings. The summed E-state index contributed by atoms with van der Waals surface area (Å²) in [4.78, 5) is 26.1. The maximum Gasteiger partial charge on any atom is 0.419 e. The third kappa shape index (κ3) is 3.16. The van der Waals surface area contributed by atoms with Gasteiger partial charge >= 0.3 is 6.09 Å². The van der Waals surface area contributed by atoms with Crippen LogP contribution in [0, 0.1) is 0 Å². The first-order valence-corrected chi connectivity index (χ1v) is 6.58. The van der Waals surface area contributed by atoms with E-state index in [1.807, 2.05) is 0 Å². The maximum atomic E-state index is 12.3. The Morgan fingerprint density at radius 3 is 2.42 bits per heavy atom. The molecular weight excluding hydrogens is 244 g/mol. The van der Waals surface area contributed by atoms with Gasteiger partial charge in [-0.05, 0) is 45.7 Å². The van der Waals surface area contributed by atoms with Crippen molar-refractivity contribution in [3.05, 3.63) is 24.0 Å². The van der Waals surface area contributed by atoms with Gasteiger partial charge in [-0.3, -0.25) is 4.79 Å². The summed E-state index contributed by atoms with van der Waals surface area (Å²) in [6, 6.07) is 3.35. The molecule has 0 aromatic carbocycles. The minimum Gasteiger partial charge on any atom is -0.443 e. The fourth-order valence-corrected chi connectivity index (χ4v) is 2.11. The fourth-order valence-electron chi connectivity index (χ4n) is 2.11. The normalized spacial score (nSPS) is 15.6. The first-order chi connectivity index (χ1) is 8.88. The molecule has 0 radical (unpaired) electrons. The lowest BCUT2D eigenvalue weighted by atomic mass is 10.2. The van der Waals surface area contributed by atoms with E-state index in [1.165, 1.54) is 4.57 Å². The van der Waals surface area contributed by atoms with Crippen molar-refractivity contribution in [3.8, 4) is 0 Å². The zero-order chi connectivity index (χ0) is 14.0. The number of hydrogen-bond donors (Lipinski definition) is 0. The number of likely N-dealkylation sites (tertiary alicyclic amines) is 1. The van der Waals surface area contributed by atoms with Crippen LogP contribution in [-0.4, -0.2) is 40.2 Å². The highest BCUT2D eigenvalue weighted by Crippen LogP contribution is 2.15. The summed E-state index contributed by atoms with van der Waals surface area (Å²) in [6.07, 6.45) is 3.11. The third-order valence-corrected chi connectivity index (χ3v) is 2.95. The molecule has 5 nitrogen and oxygen atoms in total. The van der Waals surface area contributed by atoms with E-state index in [0.29, 0.717) is 5.69 Å². The monoisotopic (exact) mass is 264 g/mol. The third-order valence-electron chi connectivity index (χ3n) is 2.95. The number of nitrogens with zero attached hydrogens (tertiary/aromatic N) is 2. The van der Waals surface area contributed by atoms with Crippen molar-refractivity contribution >= 4 is 12.0 Å². The van der Waals surface area contributed by atoms with Crippen LogP contribution >= 0.6 is 0 Å².